The summed E-state index contributed by atoms with van der Waals surface area (Å²) in [5, 5.41) is 0. The quantitative estimate of drug-likeness (QED) is 0.939. The number of benzene rings is 2. The van der Waals surface area contributed by atoms with Crippen molar-refractivity contribution in [1.29, 1.82) is 0 Å². The van der Waals surface area contributed by atoms with Crippen LogP contribution in [0.1, 0.15) is 16.7 Å². The smallest absolute Gasteiger partial charge is 0.236 e. The maximum Gasteiger partial charge on any atom is 0.236 e. The van der Waals surface area contributed by atoms with Crippen LogP contribution in [0.15, 0.2) is 42.5 Å². The molecule has 0 saturated carbocycles. The highest BCUT2D eigenvalue weighted by molar-refractivity contribution is 7.91. The molecule has 2 aromatic carbocycles. The molecule has 0 heterocycles. The van der Waals surface area contributed by atoms with Crippen LogP contribution in [-0.2, 0) is 15.8 Å². The van der Waals surface area contributed by atoms with Gasteiger partial charge in [-0.3, -0.25) is 4.72 Å². The van der Waals surface area contributed by atoms with Gasteiger partial charge in [-0.25, -0.2) is 12.8 Å². The van der Waals surface area contributed by atoms with Crippen LogP contribution in [0.5, 0.6) is 0 Å². The summed E-state index contributed by atoms with van der Waals surface area (Å²) in [7, 11) is -3.51. The second-order valence-corrected chi connectivity index (χ2v) is 6.53. The van der Waals surface area contributed by atoms with E-state index in [0.29, 0.717) is 11.3 Å². The molecule has 0 unspecified atom stereocenters. The number of hydrogen-bond acceptors (Lipinski definition) is 2. The molecule has 0 atom stereocenters. The molecule has 0 aromatic heterocycles. The number of hydrogen-bond donors (Lipinski definition) is 1. The maximum atomic E-state index is 12.8. The van der Waals surface area contributed by atoms with Crippen molar-refractivity contribution >= 4 is 15.7 Å². The van der Waals surface area contributed by atoms with Crippen molar-refractivity contribution in [2.24, 2.45) is 0 Å². The Bertz CT molecular complexity index is 709. The number of rotatable bonds is 4. The molecular formula is C15H16FNO2S. The Kier molecular flexibility index (Phi) is 4.09. The molecule has 5 heteroatoms. The molecule has 3 nitrogen and oxygen atoms in total. The maximum absolute atomic E-state index is 12.8. The first-order chi connectivity index (χ1) is 9.35. The Morgan fingerprint density at radius 2 is 1.70 bits per heavy atom. The lowest BCUT2D eigenvalue weighted by molar-refractivity contribution is 0.600. The van der Waals surface area contributed by atoms with Gasteiger partial charge in [-0.2, -0.15) is 0 Å². The molecule has 0 aliphatic carbocycles. The van der Waals surface area contributed by atoms with Crippen molar-refractivity contribution in [2.45, 2.75) is 19.6 Å². The van der Waals surface area contributed by atoms with Gasteiger partial charge in [-0.05, 0) is 48.7 Å². The van der Waals surface area contributed by atoms with E-state index in [1.807, 2.05) is 26.0 Å². The van der Waals surface area contributed by atoms with Gasteiger partial charge in [0.05, 0.1) is 11.4 Å². The fourth-order valence-electron chi connectivity index (χ4n) is 1.85. The third kappa shape index (κ3) is 3.81. The summed E-state index contributed by atoms with van der Waals surface area (Å²) in [6.07, 6.45) is 0. The number of anilines is 1. The van der Waals surface area contributed by atoms with E-state index in [1.165, 1.54) is 24.3 Å². The molecule has 0 spiro atoms. The fraction of sp³-hybridized carbons (Fsp3) is 0.200. The topological polar surface area (TPSA) is 46.2 Å². The normalized spacial score (nSPS) is 11.3. The Labute approximate surface area is 118 Å². The Hall–Kier alpha value is -1.88. The van der Waals surface area contributed by atoms with E-state index < -0.39 is 10.0 Å². The molecule has 20 heavy (non-hydrogen) atoms. The molecular weight excluding hydrogens is 277 g/mol. The molecule has 0 aliphatic heterocycles. The third-order valence-corrected chi connectivity index (χ3v) is 4.17. The predicted molar refractivity (Wildman–Crippen MR) is 78.6 cm³/mol. The van der Waals surface area contributed by atoms with Gasteiger partial charge in [0.2, 0.25) is 10.0 Å². The van der Waals surface area contributed by atoms with E-state index in [2.05, 4.69) is 4.72 Å². The van der Waals surface area contributed by atoms with Crippen LogP contribution < -0.4 is 4.72 Å². The van der Waals surface area contributed by atoms with Gasteiger partial charge in [0.25, 0.3) is 0 Å². The standard InChI is InChI=1S/C15H16FNO2S/c1-11-3-4-12(2)15(9-11)17-20(18,19)10-13-5-7-14(16)8-6-13/h3-9,17H,10H2,1-2H3. The lowest BCUT2D eigenvalue weighted by atomic mass is 10.1. The first-order valence-corrected chi connectivity index (χ1v) is 7.83. The predicted octanol–water partition coefficient (Wildman–Crippen LogP) is 3.38. The van der Waals surface area contributed by atoms with Crippen molar-refractivity contribution in [3.63, 3.8) is 0 Å². The molecule has 0 amide bonds. The van der Waals surface area contributed by atoms with E-state index in [-0.39, 0.29) is 11.6 Å². The Balaban J connectivity index is 2.19. The minimum absolute atomic E-state index is 0.180. The summed E-state index contributed by atoms with van der Waals surface area (Å²) < 4.78 is 39.6. The van der Waals surface area contributed by atoms with Crippen LogP contribution in [0.2, 0.25) is 0 Å². The highest BCUT2D eigenvalue weighted by Gasteiger charge is 2.13. The second-order valence-electron chi connectivity index (χ2n) is 4.81. The summed E-state index contributed by atoms with van der Waals surface area (Å²) in [6.45, 7) is 3.74. The molecule has 0 aliphatic rings. The van der Waals surface area contributed by atoms with Crippen LogP contribution in [0.4, 0.5) is 10.1 Å². The number of halogens is 1. The van der Waals surface area contributed by atoms with Gasteiger partial charge in [0.1, 0.15) is 5.82 Å². The minimum Gasteiger partial charge on any atom is -0.283 e. The second kappa shape index (κ2) is 5.63. The fourth-order valence-corrected chi connectivity index (χ4v) is 3.11. The van der Waals surface area contributed by atoms with Crippen LogP contribution in [0, 0.1) is 19.7 Å². The van der Waals surface area contributed by atoms with Crippen molar-refractivity contribution in [1.82, 2.24) is 0 Å². The van der Waals surface area contributed by atoms with Crippen molar-refractivity contribution in [2.75, 3.05) is 4.72 Å². The number of aryl methyl sites for hydroxylation is 2. The van der Waals surface area contributed by atoms with Crippen LogP contribution in [-0.4, -0.2) is 8.42 Å². The average Bonchev–Trinajstić information content (AvgIpc) is 2.36. The van der Waals surface area contributed by atoms with Crippen LogP contribution in [0.25, 0.3) is 0 Å². The van der Waals surface area contributed by atoms with Gasteiger partial charge in [-0.1, -0.05) is 24.3 Å². The largest absolute Gasteiger partial charge is 0.283 e. The van der Waals surface area contributed by atoms with Gasteiger partial charge >= 0.3 is 0 Å². The van der Waals surface area contributed by atoms with Gasteiger partial charge in [0.15, 0.2) is 0 Å². The highest BCUT2D eigenvalue weighted by atomic mass is 32.2. The van der Waals surface area contributed by atoms with Crippen LogP contribution >= 0.6 is 0 Å². The summed E-state index contributed by atoms with van der Waals surface area (Å²) in [5.74, 6) is -0.561. The minimum atomic E-state index is -3.51. The summed E-state index contributed by atoms with van der Waals surface area (Å²) >= 11 is 0. The molecule has 0 radical (unpaired) electrons. The monoisotopic (exact) mass is 293 g/mol. The average molecular weight is 293 g/mol. The third-order valence-electron chi connectivity index (χ3n) is 2.93. The van der Waals surface area contributed by atoms with Gasteiger partial charge in [-0.15, -0.1) is 0 Å². The molecule has 0 bridgehead atoms. The molecule has 2 rings (SSSR count). The summed E-state index contributed by atoms with van der Waals surface area (Å²) in [6, 6.07) is 11.0. The van der Waals surface area contributed by atoms with E-state index in [0.717, 1.165) is 11.1 Å². The molecule has 0 fully saturated rings. The summed E-state index contributed by atoms with van der Waals surface area (Å²) in [4.78, 5) is 0. The first kappa shape index (κ1) is 14.5. The Morgan fingerprint density at radius 1 is 1.05 bits per heavy atom. The Morgan fingerprint density at radius 3 is 2.35 bits per heavy atom. The zero-order valence-corrected chi connectivity index (χ0v) is 12.2. The molecule has 106 valence electrons. The summed E-state index contributed by atoms with van der Waals surface area (Å²) in [5.41, 5.74) is 2.96. The number of sulfonamides is 1. The highest BCUT2D eigenvalue weighted by Crippen LogP contribution is 2.19. The molecule has 1 N–H and O–H groups in total. The molecule has 0 saturated heterocycles. The number of nitrogens with one attached hydrogen (secondary N) is 1. The van der Waals surface area contributed by atoms with E-state index >= 15 is 0 Å². The SMILES string of the molecule is Cc1ccc(C)c(NS(=O)(=O)Cc2ccc(F)cc2)c1. The van der Waals surface area contributed by atoms with Gasteiger partial charge in [0, 0.05) is 0 Å². The first-order valence-electron chi connectivity index (χ1n) is 6.18. The van der Waals surface area contributed by atoms with Crippen molar-refractivity contribution in [3.8, 4) is 0 Å². The van der Waals surface area contributed by atoms with E-state index in [1.54, 1.807) is 6.07 Å². The lowest BCUT2D eigenvalue weighted by Crippen LogP contribution is -2.15. The van der Waals surface area contributed by atoms with Crippen LogP contribution in [0.3, 0.4) is 0 Å². The lowest BCUT2D eigenvalue weighted by Gasteiger charge is -2.11. The zero-order valence-electron chi connectivity index (χ0n) is 11.4. The zero-order chi connectivity index (χ0) is 14.8. The van der Waals surface area contributed by atoms with Crippen molar-refractivity contribution in [3.05, 3.63) is 65.0 Å². The van der Waals surface area contributed by atoms with Gasteiger partial charge < -0.3 is 0 Å². The van der Waals surface area contributed by atoms with Crippen molar-refractivity contribution < 1.29 is 12.8 Å². The van der Waals surface area contributed by atoms with E-state index in [4.69, 9.17) is 0 Å². The van der Waals surface area contributed by atoms with E-state index in [9.17, 15) is 12.8 Å². The molecule has 2 aromatic rings.